The average Bonchev–Trinajstić information content (AvgIpc) is 2.88. The van der Waals surface area contributed by atoms with Gasteiger partial charge in [0, 0.05) is 18.2 Å². The van der Waals surface area contributed by atoms with Gasteiger partial charge in [-0.05, 0) is 32.3 Å². The van der Waals surface area contributed by atoms with Crippen LogP contribution in [0.2, 0.25) is 0 Å². The molecule has 24 heavy (non-hydrogen) atoms. The number of carbonyl (C=O) groups excluding carboxylic acids is 2. The maximum atomic E-state index is 12.4. The third-order valence-corrected chi connectivity index (χ3v) is 5.54. The van der Waals surface area contributed by atoms with Crippen molar-refractivity contribution in [3.63, 3.8) is 0 Å². The van der Waals surface area contributed by atoms with Crippen LogP contribution in [0.3, 0.4) is 0 Å². The van der Waals surface area contributed by atoms with E-state index in [1.807, 2.05) is 18.7 Å². The lowest BCUT2D eigenvalue weighted by atomic mass is 9.98. The highest BCUT2D eigenvalue weighted by Crippen LogP contribution is 2.46. The molecule has 0 radical (unpaired) electrons. The SMILES string of the molecule is CC(=S)NC1C[C@@]12CN(C1C=C3C[C@@H](C)N(C=O)C3=CC1)C(=O)O2. The van der Waals surface area contributed by atoms with Crippen LogP contribution in [0, 0.1) is 0 Å². The molecule has 7 heteroatoms. The standard InChI is InChI=1S/C17H21N3O3S/c1-10-5-12-6-13(3-4-14(12)20(10)9-21)19-8-17(23-16(19)22)7-15(17)18-11(2)24/h4,6,9-10,13,15H,3,5,7-8H2,1-2H3,(H,18,24)/t10-,13?,15?,17-/m1/s1. The fourth-order valence-corrected chi connectivity index (χ4v) is 4.24. The van der Waals surface area contributed by atoms with Crippen LogP contribution < -0.4 is 5.32 Å². The summed E-state index contributed by atoms with van der Waals surface area (Å²) in [5, 5.41) is 3.20. The second kappa shape index (κ2) is 5.31. The first kappa shape index (κ1) is 15.6. The van der Waals surface area contributed by atoms with E-state index in [4.69, 9.17) is 17.0 Å². The van der Waals surface area contributed by atoms with Crippen LogP contribution in [-0.4, -0.2) is 57.6 Å². The normalized spacial score (nSPS) is 36.9. The Balaban J connectivity index is 1.48. The maximum absolute atomic E-state index is 12.4. The lowest BCUT2D eigenvalue weighted by Crippen LogP contribution is -2.38. The molecule has 4 aliphatic rings. The van der Waals surface area contributed by atoms with Crippen molar-refractivity contribution in [2.45, 2.75) is 56.8 Å². The molecule has 0 aromatic rings. The van der Waals surface area contributed by atoms with Crippen LogP contribution in [-0.2, 0) is 9.53 Å². The Morgan fingerprint density at radius 1 is 1.54 bits per heavy atom. The van der Waals surface area contributed by atoms with E-state index in [0.29, 0.717) is 13.0 Å². The van der Waals surface area contributed by atoms with Crippen LogP contribution in [0.1, 0.15) is 33.1 Å². The summed E-state index contributed by atoms with van der Waals surface area (Å²) < 4.78 is 5.66. The molecule has 128 valence electrons. The molecule has 4 atom stereocenters. The number of rotatable bonds is 3. The number of likely N-dealkylation sites (tertiary alicyclic amines) is 1. The van der Waals surface area contributed by atoms with Crippen molar-refractivity contribution in [1.29, 1.82) is 0 Å². The first-order valence-electron chi connectivity index (χ1n) is 8.35. The quantitative estimate of drug-likeness (QED) is 0.622. The van der Waals surface area contributed by atoms with E-state index in [9.17, 15) is 9.59 Å². The number of thiocarbonyl (C=S) groups is 1. The van der Waals surface area contributed by atoms with Gasteiger partial charge in [0.25, 0.3) is 0 Å². The largest absolute Gasteiger partial charge is 0.439 e. The minimum Gasteiger partial charge on any atom is -0.439 e. The Morgan fingerprint density at radius 2 is 2.33 bits per heavy atom. The highest BCUT2D eigenvalue weighted by Gasteiger charge is 2.64. The fraction of sp³-hybridized carbons (Fsp3) is 0.588. The summed E-state index contributed by atoms with van der Waals surface area (Å²) in [6.45, 7) is 4.47. The predicted molar refractivity (Wildman–Crippen MR) is 92.3 cm³/mol. The summed E-state index contributed by atoms with van der Waals surface area (Å²) in [4.78, 5) is 27.9. The fourth-order valence-electron chi connectivity index (χ4n) is 4.10. The number of amides is 2. The summed E-state index contributed by atoms with van der Waals surface area (Å²) in [6.07, 6.45) is 7.20. The molecule has 1 spiro atoms. The molecule has 3 fully saturated rings. The summed E-state index contributed by atoms with van der Waals surface area (Å²) in [5.74, 6) is 0. The zero-order chi connectivity index (χ0) is 17.1. The van der Waals surface area contributed by atoms with Crippen molar-refractivity contribution in [2.24, 2.45) is 0 Å². The predicted octanol–water partition coefficient (Wildman–Crippen LogP) is 1.72. The third-order valence-electron chi connectivity index (χ3n) is 5.42. The second-order valence-corrected chi connectivity index (χ2v) is 7.78. The van der Waals surface area contributed by atoms with Crippen molar-refractivity contribution < 1.29 is 14.3 Å². The molecule has 2 aliphatic carbocycles. The zero-order valence-corrected chi connectivity index (χ0v) is 14.6. The van der Waals surface area contributed by atoms with Crippen molar-refractivity contribution in [3.05, 3.63) is 23.4 Å². The van der Waals surface area contributed by atoms with Gasteiger partial charge in [0.05, 0.1) is 23.6 Å². The van der Waals surface area contributed by atoms with Gasteiger partial charge in [0.15, 0.2) is 5.60 Å². The van der Waals surface area contributed by atoms with E-state index in [-0.39, 0.29) is 24.2 Å². The first-order chi connectivity index (χ1) is 11.4. The number of fused-ring (bicyclic) bond motifs is 1. The molecular formula is C17H21N3O3S. The number of nitrogens with zero attached hydrogens (tertiary/aromatic N) is 2. The van der Waals surface area contributed by atoms with Gasteiger partial charge in [-0.15, -0.1) is 0 Å². The average molecular weight is 347 g/mol. The van der Waals surface area contributed by atoms with Crippen LogP contribution in [0.15, 0.2) is 23.4 Å². The summed E-state index contributed by atoms with van der Waals surface area (Å²) in [7, 11) is 0. The molecule has 0 aromatic carbocycles. The molecule has 1 saturated carbocycles. The number of hydrogen-bond acceptors (Lipinski definition) is 4. The van der Waals surface area contributed by atoms with Gasteiger partial charge in [-0.3, -0.25) is 9.69 Å². The van der Waals surface area contributed by atoms with Crippen molar-refractivity contribution in [1.82, 2.24) is 15.1 Å². The van der Waals surface area contributed by atoms with Gasteiger partial charge >= 0.3 is 6.09 Å². The molecule has 2 aliphatic heterocycles. The summed E-state index contributed by atoms with van der Waals surface area (Å²) in [5.41, 5.74) is 1.73. The number of nitrogens with one attached hydrogen (secondary N) is 1. The minimum absolute atomic E-state index is 0.00394. The lowest BCUT2D eigenvalue weighted by molar-refractivity contribution is -0.117. The van der Waals surface area contributed by atoms with E-state index in [2.05, 4.69) is 17.5 Å². The Bertz CT molecular complexity index is 689. The number of allylic oxidation sites excluding steroid dienone is 1. The Kier molecular flexibility index (Phi) is 3.46. The molecule has 2 saturated heterocycles. The minimum atomic E-state index is -0.419. The highest BCUT2D eigenvalue weighted by molar-refractivity contribution is 7.80. The molecule has 4 rings (SSSR count). The number of carbonyl (C=O) groups is 2. The molecule has 0 aromatic heterocycles. The van der Waals surface area contributed by atoms with Gasteiger partial charge in [-0.1, -0.05) is 24.4 Å². The van der Waals surface area contributed by atoms with Gasteiger partial charge in [0.1, 0.15) is 0 Å². The Hall–Kier alpha value is -1.89. The second-order valence-electron chi connectivity index (χ2n) is 7.17. The van der Waals surface area contributed by atoms with Crippen LogP contribution in [0.25, 0.3) is 0 Å². The smallest absolute Gasteiger partial charge is 0.411 e. The van der Waals surface area contributed by atoms with Gasteiger partial charge in [0.2, 0.25) is 6.41 Å². The molecule has 6 nitrogen and oxygen atoms in total. The molecule has 2 heterocycles. The van der Waals surface area contributed by atoms with Crippen LogP contribution >= 0.6 is 12.2 Å². The molecule has 1 N–H and O–H groups in total. The Morgan fingerprint density at radius 3 is 3.04 bits per heavy atom. The summed E-state index contributed by atoms with van der Waals surface area (Å²) >= 11 is 5.08. The highest BCUT2D eigenvalue weighted by atomic mass is 32.1. The molecular weight excluding hydrogens is 326 g/mol. The summed E-state index contributed by atoms with van der Waals surface area (Å²) in [6, 6.07) is 0.311. The monoisotopic (exact) mass is 347 g/mol. The zero-order valence-electron chi connectivity index (χ0n) is 13.8. The third kappa shape index (κ3) is 2.33. The van der Waals surface area contributed by atoms with E-state index < -0.39 is 5.60 Å². The lowest BCUT2D eigenvalue weighted by Gasteiger charge is -2.27. The van der Waals surface area contributed by atoms with E-state index in [1.54, 1.807) is 4.90 Å². The van der Waals surface area contributed by atoms with Gasteiger partial charge in [-0.2, -0.15) is 0 Å². The maximum Gasteiger partial charge on any atom is 0.411 e. The van der Waals surface area contributed by atoms with Crippen molar-refractivity contribution >= 4 is 29.7 Å². The van der Waals surface area contributed by atoms with Crippen LogP contribution in [0.4, 0.5) is 4.79 Å². The van der Waals surface area contributed by atoms with E-state index in [1.165, 1.54) is 0 Å². The first-order valence-corrected chi connectivity index (χ1v) is 8.76. The van der Waals surface area contributed by atoms with Crippen LogP contribution in [0.5, 0.6) is 0 Å². The van der Waals surface area contributed by atoms with Crippen molar-refractivity contribution in [3.8, 4) is 0 Å². The number of hydrogen-bond donors (Lipinski definition) is 1. The Labute approximate surface area is 146 Å². The topological polar surface area (TPSA) is 61.9 Å². The molecule has 2 amide bonds. The molecule has 0 bridgehead atoms. The van der Waals surface area contributed by atoms with Crippen molar-refractivity contribution in [2.75, 3.05) is 6.54 Å². The number of ether oxygens (including phenoxy) is 1. The van der Waals surface area contributed by atoms with E-state index in [0.717, 1.165) is 35.5 Å². The van der Waals surface area contributed by atoms with E-state index >= 15 is 0 Å². The van der Waals surface area contributed by atoms with Gasteiger partial charge < -0.3 is 15.0 Å². The van der Waals surface area contributed by atoms with Gasteiger partial charge in [-0.25, -0.2) is 4.79 Å². The molecule has 2 unspecified atom stereocenters.